The van der Waals surface area contributed by atoms with E-state index in [2.05, 4.69) is 24.1 Å². The maximum atomic E-state index is 12.6. The van der Waals surface area contributed by atoms with Crippen molar-refractivity contribution < 1.29 is 4.79 Å². The smallest absolute Gasteiger partial charge is 0.308 e. The minimum atomic E-state index is -0.0536. The molecule has 3 rings (SSSR count). The van der Waals surface area contributed by atoms with Crippen molar-refractivity contribution in [3.05, 3.63) is 59.4 Å². The average molecular weight is 313 g/mol. The van der Waals surface area contributed by atoms with Crippen LogP contribution in [0.3, 0.4) is 0 Å². The molecule has 0 bridgehead atoms. The lowest BCUT2D eigenvalue weighted by atomic mass is 10.1. The molecule has 5 heteroatoms. The number of hydrogen-bond donors (Lipinski definition) is 1. The molecule has 2 aromatic rings. The van der Waals surface area contributed by atoms with E-state index in [1.165, 1.54) is 11.1 Å². The molecule has 1 aromatic heterocycles. The van der Waals surface area contributed by atoms with E-state index in [1.807, 2.05) is 41.4 Å². The first-order valence-corrected chi connectivity index (χ1v) is 8.36. The van der Waals surface area contributed by atoms with E-state index in [0.717, 1.165) is 23.5 Å². The summed E-state index contributed by atoms with van der Waals surface area (Å²) in [5, 5.41) is 3.05. The Kier molecular flexibility index (Phi) is 4.34. The molecular weight excluding hydrogens is 294 g/mol. The van der Waals surface area contributed by atoms with Gasteiger partial charge in [0.05, 0.1) is 0 Å². The molecule has 1 aliphatic heterocycles. The molecule has 1 fully saturated rings. The lowest BCUT2D eigenvalue weighted by Crippen LogP contribution is -2.34. The van der Waals surface area contributed by atoms with E-state index in [1.54, 1.807) is 18.0 Å². The maximum absolute atomic E-state index is 12.6. The lowest BCUT2D eigenvalue weighted by Gasteiger charge is -2.24. The Balaban J connectivity index is 1.75. The number of carbonyl (C=O) groups excluding carboxylic acids is 1. The highest BCUT2D eigenvalue weighted by Crippen LogP contribution is 2.37. The number of anilines is 1. The van der Waals surface area contributed by atoms with E-state index >= 15 is 0 Å². The van der Waals surface area contributed by atoms with E-state index < -0.39 is 0 Å². The van der Waals surface area contributed by atoms with Crippen LogP contribution in [0.5, 0.6) is 0 Å². The van der Waals surface area contributed by atoms with Gasteiger partial charge in [-0.05, 0) is 43.2 Å². The zero-order valence-electron chi connectivity index (χ0n) is 12.7. The molecule has 1 aromatic carbocycles. The van der Waals surface area contributed by atoms with Crippen LogP contribution in [-0.2, 0) is 0 Å². The highest BCUT2D eigenvalue weighted by atomic mass is 32.2. The summed E-state index contributed by atoms with van der Waals surface area (Å²) < 4.78 is 0. The van der Waals surface area contributed by atoms with Crippen LogP contribution in [-0.4, -0.2) is 28.2 Å². The third-order valence-corrected chi connectivity index (χ3v) is 5.14. The highest BCUT2D eigenvalue weighted by Gasteiger charge is 2.30. The number of rotatable bonds is 2. The number of aromatic nitrogens is 1. The minimum absolute atomic E-state index is 0.0419. The molecule has 1 N–H and O–H groups in total. The number of nitrogens with zero attached hydrogens (tertiary/aromatic N) is 2. The summed E-state index contributed by atoms with van der Waals surface area (Å²) in [6, 6.07) is 9.86. The quantitative estimate of drug-likeness (QED) is 0.912. The molecule has 1 saturated heterocycles. The number of carbonyl (C=O) groups is 1. The van der Waals surface area contributed by atoms with Crippen LogP contribution >= 0.6 is 11.8 Å². The van der Waals surface area contributed by atoms with E-state index in [4.69, 9.17) is 0 Å². The molecule has 114 valence electrons. The molecule has 0 spiro atoms. The van der Waals surface area contributed by atoms with Gasteiger partial charge in [-0.2, -0.15) is 0 Å². The van der Waals surface area contributed by atoms with Crippen molar-refractivity contribution in [3.63, 3.8) is 0 Å². The normalized spacial score (nSPS) is 17.5. The molecule has 0 aliphatic carbocycles. The minimum Gasteiger partial charge on any atom is -0.308 e. The van der Waals surface area contributed by atoms with Gasteiger partial charge < -0.3 is 10.2 Å². The number of aryl methyl sites for hydroxylation is 2. The van der Waals surface area contributed by atoms with Crippen molar-refractivity contribution in [2.24, 2.45) is 0 Å². The average Bonchev–Trinajstić information content (AvgIpc) is 3.01. The number of thioether (sulfide) groups is 1. The fourth-order valence-electron chi connectivity index (χ4n) is 2.49. The summed E-state index contributed by atoms with van der Waals surface area (Å²) in [5.74, 6) is 0.944. The largest absolute Gasteiger partial charge is 0.323 e. The van der Waals surface area contributed by atoms with Crippen LogP contribution in [0.25, 0.3) is 0 Å². The second-order valence-electron chi connectivity index (χ2n) is 5.43. The predicted octanol–water partition coefficient (Wildman–Crippen LogP) is 3.98. The zero-order valence-corrected chi connectivity index (χ0v) is 13.6. The van der Waals surface area contributed by atoms with Gasteiger partial charge in [-0.1, -0.05) is 12.1 Å². The van der Waals surface area contributed by atoms with Crippen molar-refractivity contribution in [3.8, 4) is 0 Å². The molecule has 0 radical (unpaired) electrons. The van der Waals surface area contributed by atoms with Gasteiger partial charge >= 0.3 is 6.03 Å². The molecule has 2 heterocycles. The Morgan fingerprint density at radius 2 is 2.18 bits per heavy atom. The molecule has 1 atom stereocenters. The van der Waals surface area contributed by atoms with E-state index in [-0.39, 0.29) is 11.4 Å². The van der Waals surface area contributed by atoms with Crippen LogP contribution < -0.4 is 5.32 Å². The monoisotopic (exact) mass is 313 g/mol. The van der Waals surface area contributed by atoms with Crippen molar-refractivity contribution >= 4 is 23.5 Å². The van der Waals surface area contributed by atoms with Gasteiger partial charge in [-0.3, -0.25) is 4.98 Å². The molecule has 4 nitrogen and oxygen atoms in total. The number of nitrogens with one attached hydrogen (secondary N) is 1. The Morgan fingerprint density at radius 1 is 1.32 bits per heavy atom. The van der Waals surface area contributed by atoms with Gasteiger partial charge in [-0.25, -0.2) is 4.79 Å². The Morgan fingerprint density at radius 3 is 2.91 bits per heavy atom. The fraction of sp³-hybridized carbons (Fsp3) is 0.294. The number of hydrogen-bond acceptors (Lipinski definition) is 3. The van der Waals surface area contributed by atoms with Crippen LogP contribution in [0.4, 0.5) is 10.5 Å². The van der Waals surface area contributed by atoms with Gasteiger partial charge in [0.25, 0.3) is 0 Å². The van der Waals surface area contributed by atoms with Crippen LogP contribution in [0.15, 0.2) is 42.7 Å². The van der Waals surface area contributed by atoms with Gasteiger partial charge in [0.1, 0.15) is 5.37 Å². The lowest BCUT2D eigenvalue weighted by molar-refractivity contribution is 0.214. The molecule has 1 aliphatic rings. The number of pyridine rings is 1. The third-order valence-electron chi connectivity index (χ3n) is 3.88. The standard InChI is InChI=1S/C17H19N3OS/c1-12-5-6-15(10-13(12)2)19-17(21)20-8-9-22-16(20)14-4-3-7-18-11-14/h3-7,10-11,16H,8-9H2,1-2H3,(H,19,21). The van der Waals surface area contributed by atoms with Crippen molar-refractivity contribution in [2.45, 2.75) is 19.2 Å². The highest BCUT2D eigenvalue weighted by molar-refractivity contribution is 7.99. The molecule has 22 heavy (non-hydrogen) atoms. The Bertz CT molecular complexity index is 675. The topological polar surface area (TPSA) is 45.2 Å². The van der Waals surface area contributed by atoms with Gasteiger partial charge in [0, 0.05) is 35.9 Å². The first kappa shape index (κ1) is 14.9. The van der Waals surface area contributed by atoms with Crippen molar-refractivity contribution in [1.82, 2.24) is 9.88 Å². The summed E-state index contributed by atoms with van der Waals surface area (Å²) in [5.41, 5.74) is 4.32. The van der Waals surface area contributed by atoms with Crippen molar-refractivity contribution in [1.29, 1.82) is 0 Å². The first-order valence-electron chi connectivity index (χ1n) is 7.31. The van der Waals surface area contributed by atoms with Gasteiger partial charge in [0.15, 0.2) is 0 Å². The molecule has 2 amide bonds. The number of benzene rings is 1. The number of urea groups is 1. The summed E-state index contributed by atoms with van der Waals surface area (Å²) in [6.07, 6.45) is 3.59. The molecule has 0 saturated carbocycles. The van der Waals surface area contributed by atoms with Crippen LogP contribution in [0, 0.1) is 13.8 Å². The Labute approximate surface area is 134 Å². The van der Waals surface area contributed by atoms with Gasteiger partial charge in [0.2, 0.25) is 0 Å². The molecular formula is C17H19N3OS. The SMILES string of the molecule is Cc1ccc(NC(=O)N2CCSC2c2cccnc2)cc1C. The summed E-state index contributed by atoms with van der Waals surface area (Å²) in [7, 11) is 0. The molecule has 1 unspecified atom stereocenters. The first-order chi connectivity index (χ1) is 10.6. The van der Waals surface area contributed by atoms with Crippen LogP contribution in [0.2, 0.25) is 0 Å². The summed E-state index contributed by atoms with van der Waals surface area (Å²) >= 11 is 1.77. The van der Waals surface area contributed by atoms with Crippen molar-refractivity contribution in [2.75, 3.05) is 17.6 Å². The van der Waals surface area contributed by atoms with E-state index in [9.17, 15) is 4.79 Å². The third kappa shape index (κ3) is 3.09. The van der Waals surface area contributed by atoms with E-state index in [0.29, 0.717) is 0 Å². The van der Waals surface area contributed by atoms with Crippen LogP contribution in [0.1, 0.15) is 22.1 Å². The summed E-state index contributed by atoms with van der Waals surface area (Å²) in [6.45, 7) is 4.87. The maximum Gasteiger partial charge on any atom is 0.323 e. The fourth-order valence-corrected chi connectivity index (χ4v) is 3.73. The zero-order chi connectivity index (χ0) is 15.5. The predicted molar refractivity (Wildman–Crippen MR) is 91.1 cm³/mol. The van der Waals surface area contributed by atoms with Gasteiger partial charge in [-0.15, -0.1) is 11.8 Å². The second kappa shape index (κ2) is 6.40. The second-order valence-corrected chi connectivity index (χ2v) is 6.62. The number of amides is 2. The summed E-state index contributed by atoms with van der Waals surface area (Å²) in [4.78, 5) is 18.6. The Hall–Kier alpha value is -2.01.